The number of methoxy groups -OCH3 is 1. The van der Waals surface area contributed by atoms with E-state index in [9.17, 15) is 0 Å². The van der Waals surface area contributed by atoms with Crippen LogP contribution in [-0.4, -0.2) is 53.0 Å². The van der Waals surface area contributed by atoms with Crippen LogP contribution >= 0.6 is 24.0 Å². The van der Waals surface area contributed by atoms with E-state index in [0.29, 0.717) is 17.9 Å². The summed E-state index contributed by atoms with van der Waals surface area (Å²) >= 11 is 0. The van der Waals surface area contributed by atoms with Gasteiger partial charge in [-0.3, -0.25) is 4.99 Å². The van der Waals surface area contributed by atoms with Crippen molar-refractivity contribution in [3.05, 3.63) is 0 Å². The third kappa shape index (κ3) is 8.53. The average Bonchev–Trinajstić information content (AvgIpc) is 2.42. The minimum absolute atomic E-state index is 0. The van der Waals surface area contributed by atoms with Gasteiger partial charge >= 0.3 is 0 Å². The molecule has 1 aliphatic rings. The van der Waals surface area contributed by atoms with Gasteiger partial charge in [-0.1, -0.05) is 20.3 Å². The van der Waals surface area contributed by atoms with Crippen molar-refractivity contribution >= 4 is 29.9 Å². The largest absolute Gasteiger partial charge is 0.385 e. The van der Waals surface area contributed by atoms with E-state index in [0.717, 1.165) is 38.7 Å². The highest BCUT2D eigenvalue weighted by atomic mass is 127. The number of hydrogen-bond acceptors (Lipinski definition) is 3. The maximum absolute atomic E-state index is 5.56. The summed E-state index contributed by atoms with van der Waals surface area (Å²) in [5, 5.41) is 6.75. The lowest BCUT2D eigenvalue weighted by molar-refractivity contribution is 0.0731. The summed E-state index contributed by atoms with van der Waals surface area (Å²) in [6.07, 6.45) is 5.04. The second kappa shape index (κ2) is 12.4. The van der Waals surface area contributed by atoms with E-state index in [2.05, 4.69) is 29.5 Å². The molecule has 0 radical (unpaired) electrons. The molecule has 22 heavy (non-hydrogen) atoms. The van der Waals surface area contributed by atoms with Gasteiger partial charge in [0.25, 0.3) is 0 Å². The van der Waals surface area contributed by atoms with E-state index in [4.69, 9.17) is 9.47 Å². The van der Waals surface area contributed by atoms with Crippen LogP contribution < -0.4 is 10.6 Å². The molecule has 1 rings (SSSR count). The quantitative estimate of drug-likeness (QED) is 0.244. The minimum atomic E-state index is 0. The van der Waals surface area contributed by atoms with E-state index in [1.54, 1.807) is 7.11 Å². The van der Waals surface area contributed by atoms with Crippen LogP contribution in [0.1, 0.15) is 39.5 Å². The number of rotatable bonds is 10. The number of guanidine groups is 1. The summed E-state index contributed by atoms with van der Waals surface area (Å²) in [6.45, 7) is 8.45. The van der Waals surface area contributed by atoms with Crippen molar-refractivity contribution in [1.29, 1.82) is 0 Å². The van der Waals surface area contributed by atoms with Gasteiger partial charge in [0.15, 0.2) is 5.96 Å². The predicted molar refractivity (Wildman–Crippen MR) is 103 cm³/mol. The maximum Gasteiger partial charge on any atom is 0.191 e. The second-order valence-corrected chi connectivity index (χ2v) is 6.42. The van der Waals surface area contributed by atoms with Crippen LogP contribution in [0, 0.1) is 11.3 Å². The van der Waals surface area contributed by atoms with Crippen LogP contribution in [0.4, 0.5) is 0 Å². The summed E-state index contributed by atoms with van der Waals surface area (Å²) in [5.74, 6) is 1.45. The molecule has 0 saturated heterocycles. The first kappa shape index (κ1) is 21.9. The standard InChI is InChI=1S/C16H33N3O2.HI/c1-14(2)12-21-11-9-18-15(17-3)19-13-16(6-5-7-16)8-10-20-4;/h14H,5-13H2,1-4H3,(H2,17,18,19);1H. The lowest BCUT2D eigenvalue weighted by atomic mass is 9.67. The molecule has 1 aliphatic carbocycles. The fraction of sp³-hybridized carbons (Fsp3) is 0.938. The summed E-state index contributed by atoms with van der Waals surface area (Å²) in [5.41, 5.74) is 0.405. The molecule has 1 saturated carbocycles. The van der Waals surface area contributed by atoms with Crippen molar-refractivity contribution in [3.8, 4) is 0 Å². The average molecular weight is 427 g/mol. The summed E-state index contributed by atoms with van der Waals surface area (Å²) < 4.78 is 10.8. The molecule has 6 heteroatoms. The lowest BCUT2D eigenvalue weighted by Gasteiger charge is -2.42. The van der Waals surface area contributed by atoms with E-state index >= 15 is 0 Å². The highest BCUT2D eigenvalue weighted by Gasteiger charge is 2.36. The lowest BCUT2D eigenvalue weighted by Crippen LogP contribution is -2.47. The zero-order chi connectivity index (χ0) is 15.6. The molecular weight excluding hydrogens is 393 g/mol. The predicted octanol–water partition coefficient (Wildman–Crippen LogP) is 2.65. The third-order valence-electron chi connectivity index (χ3n) is 4.10. The Bertz CT molecular complexity index is 308. The Labute approximate surface area is 153 Å². The molecule has 1 fully saturated rings. The van der Waals surface area contributed by atoms with Crippen molar-refractivity contribution in [2.75, 3.05) is 47.1 Å². The van der Waals surface area contributed by atoms with Gasteiger partial charge in [-0.25, -0.2) is 0 Å². The molecule has 0 unspecified atom stereocenters. The van der Waals surface area contributed by atoms with Gasteiger partial charge in [-0.2, -0.15) is 0 Å². The van der Waals surface area contributed by atoms with Gasteiger partial charge in [0.2, 0.25) is 0 Å². The summed E-state index contributed by atoms with van der Waals surface area (Å²) in [4.78, 5) is 4.27. The molecule has 0 atom stereocenters. The van der Waals surface area contributed by atoms with Crippen LogP contribution in [0.5, 0.6) is 0 Å². The number of aliphatic imine (C=N–C) groups is 1. The number of nitrogens with zero attached hydrogens (tertiary/aromatic N) is 1. The highest BCUT2D eigenvalue weighted by Crippen LogP contribution is 2.43. The molecule has 0 aromatic heterocycles. The Morgan fingerprint density at radius 1 is 1.23 bits per heavy atom. The van der Waals surface area contributed by atoms with E-state index in [1.165, 1.54) is 19.3 Å². The zero-order valence-corrected chi connectivity index (χ0v) is 16.9. The molecule has 0 amide bonds. The summed E-state index contributed by atoms with van der Waals surface area (Å²) in [7, 11) is 3.59. The van der Waals surface area contributed by atoms with Crippen molar-refractivity contribution in [3.63, 3.8) is 0 Å². The molecule has 132 valence electrons. The summed E-state index contributed by atoms with van der Waals surface area (Å²) in [6, 6.07) is 0. The normalized spacial score (nSPS) is 16.9. The van der Waals surface area contributed by atoms with Crippen LogP contribution in [-0.2, 0) is 9.47 Å². The van der Waals surface area contributed by atoms with Gasteiger partial charge in [-0.05, 0) is 30.6 Å². The van der Waals surface area contributed by atoms with Crippen molar-refractivity contribution in [2.24, 2.45) is 16.3 Å². The number of nitrogens with one attached hydrogen (secondary N) is 2. The van der Waals surface area contributed by atoms with Crippen molar-refractivity contribution in [1.82, 2.24) is 10.6 Å². The fourth-order valence-corrected chi connectivity index (χ4v) is 2.56. The van der Waals surface area contributed by atoms with Gasteiger partial charge in [0.05, 0.1) is 6.61 Å². The molecule has 0 aliphatic heterocycles. The number of ether oxygens (including phenoxy) is 2. The van der Waals surface area contributed by atoms with Gasteiger partial charge < -0.3 is 20.1 Å². The topological polar surface area (TPSA) is 54.9 Å². The Morgan fingerprint density at radius 2 is 1.95 bits per heavy atom. The zero-order valence-electron chi connectivity index (χ0n) is 14.6. The fourth-order valence-electron chi connectivity index (χ4n) is 2.56. The Hall–Kier alpha value is -0.0800. The second-order valence-electron chi connectivity index (χ2n) is 6.42. The third-order valence-corrected chi connectivity index (χ3v) is 4.10. The van der Waals surface area contributed by atoms with Gasteiger partial charge in [0, 0.05) is 40.5 Å². The minimum Gasteiger partial charge on any atom is -0.385 e. The number of halogens is 1. The van der Waals surface area contributed by atoms with Gasteiger partial charge in [-0.15, -0.1) is 24.0 Å². The molecule has 0 heterocycles. The molecule has 0 aromatic rings. The van der Waals surface area contributed by atoms with Crippen LogP contribution in [0.25, 0.3) is 0 Å². The molecule has 5 nitrogen and oxygen atoms in total. The van der Waals surface area contributed by atoms with E-state index in [1.807, 2.05) is 7.05 Å². The first-order chi connectivity index (χ1) is 10.1. The molecule has 0 spiro atoms. The molecular formula is C16H34IN3O2. The van der Waals surface area contributed by atoms with E-state index in [-0.39, 0.29) is 24.0 Å². The van der Waals surface area contributed by atoms with Crippen molar-refractivity contribution in [2.45, 2.75) is 39.5 Å². The molecule has 0 bridgehead atoms. The highest BCUT2D eigenvalue weighted by molar-refractivity contribution is 14.0. The van der Waals surface area contributed by atoms with Crippen LogP contribution in [0.2, 0.25) is 0 Å². The smallest absolute Gasteiger partial charge is 0.191 e. The SMILES string of the molecule is CN=C(NCCOCC(C)C)NCC1(CCOC)CCC1.I. The van der Waals surface area contributed by atoms with E-state index < -0.39 is 0 Å². The van der Waals surface area contributed by atoms with Crippen molar-refractivity contribution < 1.29 is 9.47 Å². The van der Waals surface area contributed by atoms with Crippen LogP contribution in [0.3, 0.4) is 0 Å². The first-order valence-corrected chi connectivity index (χ1v) is 8.13. The number of hydrogen-bond donors (Lipinski definition) is 2. The molecule has 2 N–H and O–H groups in total. The Kier molecular flexibility index (Phi) is 12.3. The monoisotopic (exact) mass is 427 g/mol. The van der Waals surface area contributed by atoms with Crippen LogP contribution in [0.15, 0.2) is 4.99 Å². The Morgan fingerprint density at radius 3 is 2.45 bits per heavy atom. The molecule has 0 aromatic carbocycles. The maximum atomic E-state index is 5.56. The van der Waals surface area contributed by atoms with Gasteiger partial charge in [0.1, 0.15) is 0 Å². The Balaban J connectivity index is 0.00000441. The first-order valence-electron chi connectivity index (χ1n) is 8.13.